The molecular formula is C15H22N2O. The molecule has 1 saturated heterocycles. The summed E-state index contributed by atoms with van der Waals surface area (Å²) in [6.45, 7) is 3.94. The summed E-state index contributed by atoms with van der Waals surface area (Å²) < 4.78 is 0. The van der Waals surface area contributed by atoms with Gasteiger partial charge in [0.2, 0.25) is 5.91 Å². The number of hydrogen-bond donors (Lipinski definition) is 1. The predicted octanol–water partition coefficient (Wildman–Crippen LogP) is 1.81. The van der Waals surface area contributed by atoms with Gasteiger partial charge in [0.05, 0.1) is 6.04 Å². The molecule has 1 aromatic carbocycles. The number of hydrogen-bond acceptors (Lipinski definition) is 2. The zero-order chi connectivity index (χ0) is 13.0. The molecule has 3 nitrogen and oxygen atoms in total. The van der Waals surface area contributed by atoms with Gasteiger partial charge >= 0.3 is 0 Å². The Morgan fingerprint density at radius 2 is 2.17 bits per heavy atom. The van der Waals surface area contributed by atoms with Gasteiger partial charge in [0.1, 0.15) is 0 Å². The second-order valence-electron chi connectivity index (χ2n) is 5.14. The maximum absolute atomic E-state index is 12.2. The van der Waals surface area contributed by atoms with Crippen molar-refractivity contribution in [1.29, 1.82) is 0 Å². The van der Waals surface area contributed by atoms with Gasteiger partial charge in [-0.1, -0.05) is 43.7 Å². The first-order valence-corrected chi connectivity index (χ1v) is 6.79. The summed E-state index contributed by atoms with van der Waals surface area (Å²) in [5.41, 5.74) is 7.15. The van der Waals surface area contributed by atoms with Gasteiger partial charge in [0.15, 0.2) is 0 Å². The van der Waals surface area contributed by atoms with Crippen LogP contribution in [-0.4, -0.2) is 29.9 Å². The van der Waals surface area contributed by atoms with Crippen molar-refractivity contribution in [2.24, 2.45) is 11.7 Å². The number of carbonyl (C=O) groups excluding carboxylic acids is 1. The summed E-state index contributed by atoms with van der Waals surface area (Å²) in [7, 11) is 0. The molecule has 2 rings (SSSR count). The number of carbonyl (C=O) groups is 1. The fourth-order valence-electron chi connectivity index (χ4n) is 2.56. The third-order valence-electron chi connectivity index (χ3n) is 3.79. The van der Waals surface area contributed by atoms with Crippen LogP contribution in [0.5, 0.6) is 0 Å². The molecule has 98 valence electrons. The molecule has 1 aliphatic rings. The Kier molecular flexibility index (Phi) is 4.37. The fourth-order valence-corrected chi connectivity index (χ4v) is 2.56. The Hall–Kier alpha value is -1.35. The minimum Gasteiger partial charge on any atom is -0.341 e. The highest BCUT2D eigenvalue weighted by atomic mass is 16.2. The maximum Gasteiger partial charge on any atom is 0.239 e. The van der Waals surface area contributed by atoms with E-state index in [4.69, 9.17) is 5.73 Å². The van der Waals surface area contributed by atoms with Crippen molar-refractivity contribution in [1.82, 2.24) is 4.90 Å². The first-order valence-electron chi connectivity index (χ1n) is 6.79. The van der Waals surface area contributed by atoms with Crippen LogP contribution in [0.25, 0.3) is 0 Å². The Morgan fingerprint density at radius 3 is 2.78 bits per heavy atom. The minimum absolute atomic E-state index is 0.106. The van der Waals surface area contributed by atoms with Crippen molar-refractivity contribution in [2.45, 2.75) is 32.2 Å². The molecule has 0 aliphatic carbocycles. The summed E-state index contributed by atoms with van der Waals surface area (Å²) >= 11 is 0. The first kappa shape index (κ1) is 13.1. The molecule has 18 heavy (non-hydrogen) atoms. The van der Waals surface area contributed by atoms with Gasteiger partial charge in [0, 0.05) is 13.1 Å². The zero-order valence-electron chi connectivity index (χ0n) is 11.0. The van der Waals surface area contributed by atoms with Crippen LogP contribution in [0.15, 0.2) is 30.3 Å². The van der Waals surface area contributed by atoms with Crippen LogP contribution in [0.3, 0.4) is 0 Å². The van der Waals surface area contributed by atoms with Gasteiger partial charge in [-0.05, 0) is 24.3 Å². The standard InChI is InChI=1S/C15H22N2O/c1-2-12-8-9-17(11-12)15(18)14(16)10-13-6-4-3-5-7-13/h3-7,12,14H,2,8-11,16H2,1H3. The van der Waals surface area contributed by atoms with E-state index < -0.39 is 6.04 Å². The lowest BCUT2D eigenvalue weighted by Crippen LogP contribution is -2.43. The summed E-state index contributed by atoms with van der Waals surface area (Å²) in [6.07, 6.45) is 2.91. The summed E-state index contributed by atoms with van der Waals surface area (Å²) in [6, 6.07) is 9.58. The highest BCUT2D eigenvalue weighted by Gasteiger charge is 2.28. The molecule has 0 aromatic heterocycles. The van der Waals surface area contributed by atoms with E-state index in [1.54, 1.807) is 0 Å². The lowest BCUT2D eigenvalue weighted by molar-refractivity contribution is -0.131. The Balaban J connectivity index is 1.89. The van der Waals surface area contributed by atoms with Crippen molar-refractivity contribution in [3.8, 4) is 0 Å². The smallest absolute Gasteiger partial charge is 0.239 e. The topological polar surface area (TPSA) is 46.3 Å². The van der Waals surface area contributed by atoms with Gasteiger partial charge in [-0.15, -0.1) is 0 Å². The summed E-state index contributed by atoms with van der Waals surface area (Å²) in [5.74, 6) is 0.771. The molecule has 0 bridgehead atoms. The molecule has 2 unspecified atom stereocenters. The zero-order valence-corrected chi connectivity index (χ0v) is 11.0. The average Bonchev–Trinajstić information content (AvgIpc) is 2.87. The van der Waals surface area contributed by atoms with Crippen LogP contribution in [0.4, 0.5) is 0 Å². The van der Waals surface area contributed by atoms with E-state index in [9.17, 15) is 4.79 Å². The molecule has 0 spiro atoms. The molecule has 1 heterocycles. The van der Waals surface area contributed by atoms with E-state index in [0.717, 1.165) is 31.5 Å². The number of amides is 1. The largest absolute Gasteiger partial charge is 0.341 e. The van der Waals surface area contributed by atoms with E-state index in [2.05, 4.69) is 6.92 Å². The Morgan fingerprint density at radius 1 is 1.44 bits per heavy atom. The summed E-state index contributed by atoms with van der Waals surface area (Å²) in [4.78, 5) is 14.1. The molecule has 3 heteroatoms. The Bertz CT molecular complexity index is 391. The van der Waals surface area contributed by atoms with Crippen LogP contribution in [-0.2, 0) is 11.2 Å². The van der Waals surface area contributed by atoms with E-state index in [1.807, 2.05) is 35.2 Å². The molecule has 0 saturated carbocycles. The molecule has 1 fully saturated rings. The van der Waals surface area contributed by atoms with E-state index in [0.29, 0.717) is 12.3 Å². The van der Waals surface area contributed by atoms with Crippen LogP contribution < -0.4 is 5.73 Å². The highest BCUT2D eigenvalue weighted by Crippen LogP contribution is 2.19. The predicted molar refractivity (Wildman–Crippen MR) is 73.1 cm³/mol. The number of likely N-dealkylation sites (tertiary alicyclic amines) is 1. The number of nitrogens with zero attached hydrogens (tertiary/aromatic N) is 1. The van der Waals surface area contributed by atoms with E-state index in [1.165, 1.54) is 0 Å². The summed E-state index contributed by atoms with van der Waals surface area (Å²) in [5, 5.41) is 0. The third-order valence-corrected chi connectivity index (χ3v) is 3.79. The highest BCUT2D eigenvalue weighted by molar-refractivity contribution is 5.82. The fraction of sp³-hybridized carbons (Fsp3) is 0.533. The maximum atomic E-state index is 12.2. The normalized spacial score (nSPS) is 21.0. The molecule has 1 amide bonds. The van der Waals surface area contributed by atoms with Crippen molar-refractivity contribution >= 4 is 5.91 Å². The van der Waals surface area contributed by atoms with Gasteiger partial charge in [-0.3, -0.25) is 4.79 Å². The second-order valence-corrected chi connectivity index (χ2v) is 5.14. The molecule has 2 N–H and O–H groups in total. The van der Waals surface area contributed by atoms with Gasteiger partial charge in [-0.2, -0.15) is 0 Å². The van der Waals surface area contributed by atoms with Crippen LogP contribution in [0.2, 0.25) is 0 Å². The van der Waals surface area contributed by atoms with Crippen molar-refractivity contribution < 1.29 is 4.79 Å². The van der Waals surface area contributed by atoms with Gasteiger partial charge in [-0.25, -0.2) is 0 Å². The van der Waals surface area contributed by atoms with Gasteiger partial charge in [0.25, 0.3) is 0 Å². The molecule has 0 radical (unpaired) electrons. The average molecular weight is 246 g/mol. The molecular weight excluding hydrogens is 224 g/mol. The number of rotatable bonds is 4. The quantitative estimate of drug-likeness (QED) is 0.880. The minimum atomic E-state index is -0.400. The molecule has 2 atom stereocenters. The van der Waals surface area contributed by atoms with Gasteiger partial charge < -0.3 is 10.6 Å². The van der Waals surface area contributed by atoms with Crippen molar-refractivity contribution in [3.05, 3.63) is 35.9 Å². The van der Waals surface area contributed by atoms with Crippen LogP contribution in [0.1, 0.15) is 25.3 Å². The SMILES string of the molecule is CCC1CCN(C(=O)C(N)Cc2ccccc2)C1. The van der Waals surface area contributed by atoms with Crippen LogP contribution >= 0.6 is 0 Å². The monoisotopic (exact) mass is 246 g/mol. The first-order chi connectivity index (χ1) is 8.70. The second kappa shape index (κ2) is 6.01. The van der Waals surface area contributed by atoms with Crippen molar-refractivity contribution in [2.75, 3.05) is 13.1 Å². The van der Waals surface area contributed by atoms with E-state index in [-0.39, 0.29) is 5.91 Å². The van der Waals surface area contributed by atoms with Crippen molar-refractivity contribution in [3.63, 3.8) is 0 Å². The molecule has 1 aromatic rings. The van der Waals surface area contributed by atoms with Crippen LogP contribution in [0, 0.1) is 5.92 Å². The number of benzene rings is 1. The lowest BCUT2D eigenvalue weighted by atomic mass is 10.1. The van der Waals surface area contributed by atoms with E-state index >= 15 is 0 Å². The lowest BCUT2D eigenvalue weighted by Gasteiger charge is -2.21. The molecule has 1 aliphatic heterocycles. The Labute approximate surface area is 109 Å². The third kappa shape index (κ3) is 3.10. The number of nitrogens with two attached hydrogens (primary N) is 1.